The fourth-order valence-corrected chi connectivity index (χ4v) is 0.741. The maximum Gasteiger partial charge on any atom is 1.00 e. The van der Waals surface area contributed by atoms with Crippen molar-refractivity contribution in [2.45, 2.75) is 20.8 Å². The number of rotatable bonds is 0. The molecule has 5 heteroatoms. The molecular formula is C10H13LiN2O2. The third kappa shape index (κ3) is 3.94. The topological polar surface area (TPSA) is 54.6 Å². The van der Waals surface area contributed by atoms with E-state index in [1.54, 1.807) is 32.9 Å². The molecule has 0 unspecified atom stereocenters. The van der Waals surface area contributed by atoms with E-state index in [0.29, 0.717) is 4.73 Å². The molecule has 0 aromatic carbocycles. The third-order valence-electron chi connectivity index (χ3n) is 1.61. The van der Waals surface area contributed by atoms with Gasteiger partial charge < -0.3 is 5.21 Å². The Kier molecular flexibility index (Phi) is 4.86. The van der Waals surface area contributed by atoms with Crippen LogP contribution in [0.25, 0.3) is 0 Å². The number of amides is 1. The Hall–Kier alpha value is -0.983. The van der Waals surface area contributed by atoms with Gasteiger partial charge in [-0.05, 0) is 0 Å². The molecule has 0 aliphatic rings. The van der Waals surface area contributed by atoms with Crippen molar-refractivity contribution in [3.63, 3.8) is 0 Å². The summed E-state index contributed by atoms with van der Waals surface area (Å²) in [6.45, 7) is 5.31. The molecule has 0 atom stereocenters. The van der Waals surface area contributed by atoms with Crippen LogP contribution in [0, 0.1) is 11.6 Å². The van der Waals surface area contributed by atoms with Crippen LogP contribution in [0.4, 0.5) is 0 Å². The van der Waals surface area contributed by atoms with Crippen LogP contribution < -0.4 is 24.3 Å². The van der Waals surface area contributed by atoms with Crippen LogP contribution in [-0.2, 0) is 4.79 Å². The molecule has 0 aliphatic heterocycles. The van der Waals surface area contributed by atoms with E-state index in [9.17, 15) is 10.0 Å². The Morgan fingerprint density at radius 1 is 1.53 bits per heavy atom. The Labute approximate surface area is 101 Å². The van der Waals surface area contributed by atoms with Gasteiger partial charge in [0.05, 0.1) is 5.49 Å². The zero-order chi connectivity index (χ0) is 10.8. The second-order valence-corrected chi connectivity index (χ2v) is 3.99. The van der Waals surface area contributed by atoms with Gasteiger partial charge in [-0.2, -0.15) is 12.1 Å². The van der Waals surface area contributed by atoms with Gasteiger partial charge in [0, 0.05) is 5.41 Å². The Bertz CT molecular complexity index is 404. The standard InChI is InChI=1S/C10H13N2O2.Li/c1-10(2,3)9(13)11-8-6-4-5-7-12(8)14;/h4-6,14H,1-3H3;/q-1;+1. The molecule has 0 radical (unpaired) electrons. The number of hydrogen-bond acceptors (Lipinski definition) is 2. The summed E-state index contributed by atoms with van der Waals surface area (Å²) in [5.74, 6) is -0.278. The van der Waals surface area contributed by atoms with Gasteiger partial charge >= 0.3 is 18.9 Å². The van der Waals surface area contributed by atoms with Crippen LogP contribution in [-0.4, -0.2) is 15.8 Å². The second kappa shape index (κ2) is 5.20. The Morgan fingerprint density at radius 2 is 2.13 bits per heavy atom. The fourth-order valence-electron chi connectivity index (χ4n) is 0.741. The van der Waals surface area contributed by atoms with E-state index in [1.165, 1.54) is 6.07 Å². The molecule has 0 saturated heterocycles. The van der Waals surface area contributed by atoms with Crippen molar-refractivity contribution >= 4 is 5.91 Å². The van der Waals surface area contributed by atoms with Crippen LogP contribution in [0.1, 0.15) is 20.8 Å². The molecule has 1 rings (SSSR count). The first-order valence-electron chi connectivity index (χ1n) is 4.29. The molecular weight excluding hydrogens is 187 g/mol. The van der Waals surface area contributed by atoms with E-state index in [4.69, 9.17) is 0 Å². The third-order valence-corrected chi connectivity index (χ3v) is 1.61. The average molecular weight is 200 g/mol. The summed E-state index contributed by atoms with van der Waals surface area (Å²) in [6, 6.07) is 4.72. The maximum absolute atomic E-state index is 11.5. The molecule has 0 spiro atoms. The van der Waals surface area contributed by atoms with Crippen molar-refractivity contribution in [3.05, 3.63) is 29.9 Å². The smallest absolute Gasteiger partial charge is 0.450 e. The molecule has 1 N–H and O–H groups in total. The van der Waals surface area contributed by atoms with Gasteiger partial charge in [-0.25, -0.2) is 0 Å². The molecule has 0 fully saturated rings. The zero-order valence-electron chi connectivity index (χ0n) is 9.48. The fraction of sp³-hybridized carbons (Fsp3) is 0.400. The Balaban J connectivity index is 0.00000196. The summed E-state index contributed by atoms with van der Waals surface area (Å²) in [5.41, 5.74) is -0.351. The van der Waals surface area contributed by atoms with Crippen LogP contribution in [0.3, 0.4) is 0 Å². The normalized spacial score (nSPS) is 12.1. The molecule has 1 amide bonds. The minimum absolute atomic E-state index is 0. The van der Waals surface area contributed by atoms with Gasteiger partial charge in [-0.1, -0.05) is 27.0 Å². The summed E-state index contributed by atoms with van der Waals surface area (Å²) in [7, 11) is 0. The number of carbonyl (C=O) groups is 1. The minimum atomic E-state index is -0.539. The van der Waals surface area contributed by atoms with E-state index in [0.717, 1.165) is 0 Å². The number of nitrogens with zero attached hydrogens (tertiary/aromatic N) is 2. The van der Waals surface area contributed by atoms with E-state index in [1.807, 2.05) is 0 Å². The quantitative estimate of drug-likeness (QED) is 0.299. The van der Waals surface area contributed by atoms with Crippen molar-refractivity contribution in [1.82, 2.24) is 4.73 Å². The molecule has 15 heavy (non-hydrogen) atoms. The van der Waals surface area contributed by atoms with Gasteiger partial charge in [-0.15, -0.1) is 6.07 Å². The van der Waals surface area contributed by atoms with Crippen LogP contribution >= 0.6 is 0 Å². The van der Waals surface area contributed by atoms with Crippen LogP contribution in [0.15, 0.2) is 23.2 Å². The van der Waals surface area contributed by atoms with Crippen molar-refractivity contribution in [2.75, 3.05) is 0 Å². The molecule has 1 aromatic heterocycles. The first-order chi connectivity index (χ1) is 6.41. The van der Waals surface area contributed by atoms with Gasteiger partial charge in [0.2, 0.25) is 5.91 Å². The van der Waals surface area contributed by atoms with Crippen molar-refractivity contribution in [2.24, 2.45) is 10.4 Å². The second-order valence-electron chi connectivity index (χ2n) is 3.99. The number of pyridine rings is 1. The largest absolute Gasteiger partial charge is 1.00 e. The van der Waals surface area contributed by atoms with Gasteiger partial charge in [0.1, 0.15) is 0 Å². The number of hydrogen-bond donors (Lipinski definition) is 1. The molecule has 0 aliphatic carbocycles. The summed E-state index contributed by atoms with van der Waals surface area (Å²) >= 11 is 0. The van der Waals surface area contributed by atoms with E-state index < -0.39 is 5.41 Å². The van der Waals surface area contributed by atoms with Crippen molar-refractivity contribution < 1.29 is 28.9 Å². The molecule has 0 bridgehead atoms. The average Bonchev–Trinajstić information content (AvgIpc) is 2.07. The van der Waals surface area contributed by atoms with Crippen molar-refractivity contribution in [1.29, 1.82) is 0 Å². The minimum Gasteiger partial charge on any atom is -0.450 e. The van der Waals surface area contributed by atoms with Crippen LogP contribution in [0.5, 0.6) is 0 Å². The zero-order valence-corrected chi connectivity index (χ0v) is 9.48. The predicted octanol–water partition coefficient (Wildman–Crippen LogP) is -2.00. The number of aromatic nitrogens is 1. The summed E-state index contributed by atoms with van der Waals surface area (Å²) in [6.07, 6.45) is 2.48. The van der Waals surface area contributed by atoms with Crippen molar-refractivity contribution in [3.8, 4) is 0 Å². The maximum atomic E-state index is 11.5. The monoisotopic (exact) mass is 200 g/mol. The molecule has 1 aromatic rings. The molecule has 76 valence electrons. The number of carbonyl (C=O) groups excluding carboxylic acids is 1. The SMILES string of the molecule is CC(C)(C)C(=O)N=c1ccc[c-]n1O.[Li+]. The molecule has 1 heterocycles. The molecule has 0 saturated carbocycles. The van der Waals surface area contributed by atoms with Gasteiger partial charge in [-0.3, -0.25) is 14.5 Å². The van der Waals surface area contributed by atoms with Gasteiger partial charge in [0.25, 0.3) is 0 Å². The first-order valence-corrected chi connectivity index (χ1v) is 4.29. The van der Waals surface area contributed by atoms with E-state index >= 15 is 0 Å². The van der Waals surface area contributed by atoms with Gasteiger partial charge in [0.15, 0.2) is 0 Å². The summed E-state index contributed by atoms with van der Waals surface area (Å²) in [4.78, 5) is 15.3. The first kappa shape index (κ1) is 14.0. The van der Waals surface area contributed by atoms with E-state index in [-0.39, 0.29) is 30.3 Å². The molecule has 4 nitrogen and oxygen atoms in total. The summed E-state index contributed by atoms with van der Waals surface area (Å²) < 4.78 is 0.698. The Morgan fingerprint density at radius 3 is 2.60 bits per heavy atom. The van der Waals surface area contributed by atoms with E-state index in [2.05, 4.69) is 11.2 Å². The predicted molar refractivity (Wildman–Crippen MR) is 50.5 cm³/mol. The van der Waals surface area contributed by atoms with Crippen LogP contribution in [0.2, 0.25) is 0 Å². The summed E-state index contributed by atoms with van der Waals surface area (Å²) in [5, 5.41) is 9.24.